The van der Waals surface area contributed by atoms with E-state index in [1.54, 1.807) is 40.7 Å². The third-order valence-corrected chi connectivity index (χ3v) is 6.29. The number of nitrogens with zero attached hydrogens (tertiary/aromatic N) is 5. The monoisotopic (exact) mass is 494 g/mol. The van der Waals surface area contributed by atoms with Gasteiger partial charge < -0.3 is 5.32 Å². The first kappa shape index (κ1) is 23.7. The summed E-state index contributed by atoms with van der Waals surface area (Å²) in [7, 11) is 1.78. The second kappa shape index (κ2) is 8.85. The van der Waals surface area contributed by atoms with Crippen LogP contribution in [0.2, 0.25) is 0 Å². The number of carbonyl (C=O) groups excluding carboxylic acids is 1. The molecular formula is C26H25F3N6O. The number of halogens is 3. The number of amides is 1. The Bertz CT molecular complexity index is 1560. The van der Waals surface area contributed by atoms with Crippen LogP contribution in [0, 0.1) is 12.8 Å². The first-order chi connectivity index (χ1) is 17.1. The summed E-state index contributed by atoms with van der Waals surface area (Å²) in [5.41, 5.74) is 2.77. The van der Waals surface area contributed by atoms with Crippen molar-refractivity contribution < 1.29 is 18.0 Å². The Morgan fingerprint density at radius 3 is 2.50 bits per heavy atom. The van der Waals surface area contributed by atoms with E-state index in [1.807, 2.05) is 30.8 Å². The molecule has 7 nitrogen and oxygen atoms in total. The third kappa shape index (κ3) is 4.34. The summed E-state index contributed by atoms with van der Waals surface area (Å²) in [5.74, 6) is -0.0117. The van der Waals surface area contributed by atoms with Gasteiger partial charge in [-0.3, -0.25) is 18.7 Å². The molecule has 0 radical (unpaired) electrons. The lowest BCUT2D eigenvalue weighted by Gasteiger charge is -2.14. The van der Waals surface area contributed by atoms with Gasteiger partial charge in [-0.15, -0.1) is 0 Å². The average Bonchev–Trinajstić information content (AvgIpc) is 3.50. The molecule has 1 amide bonds. The predicted molar refractivity (Wildman–Crippen MR) is 131 cm³/mol. The predicted octanol–water partition coefficient (Wildman–Crippen LogP) is 5.11. The van der Waals surface area contributed by atoms with Gasteiger partial charge in [-0.25, -0.2) is 0 Å². The molecule has 10 heteroatoms. The number of aryl methyl sites for hydroxylation is 2. The fourth-order valence-electron chi connectivity index (χ4n) is 4.41. The molecule has 0 bridgehead atoms. The Morgan fingerprint density at radius 1 is 1.08 bits per heavy atom. The highest BCUT2D eigenvalue weighted by Gasteiger charge is 2.30. The zero-order valence-electron chi connectivity index (χ0n) is 20.0. The Morgan fingerprint density at radius 2 is 1.83 bits per heavy atom. The minimum Gasteiger partial charge on any atom is -0.352 e. The molecule has 0 saturated carbocycles. The van der Waals surface area contributed by atoms with Crippen molar-refractivity contribution >= 4 is 27.8 Å². The van der Waals surface area contributed by atoms with Crippen LogP contribution in [0.25, 0.3) is 27.6 Å². The Labute approximate surface area is 205 Å². The summed E-state index contributed by atoms with van der Waals surface area (Å²) in [6.45, 7) is 5.23. The quantitative estimate of drug-likeness (QED) is 0.357. The minimum absolute atomic E-state index is 0.182. The molecule has 2 aromatic carbocycles. The van der Waals surface area contributed by atoms with Gasteiger partial charge in [-0.05, 0) is 61.4 Å². The van der Waals surface area contributed by atoms with E-state index in [0.29, 0.717) is 30.0 Å². The number of hydrogen-bond acceptors (Lipinski definition) is 3. The van der Waals surface area contributed by atoms with Gasteiger partial charge in [0.05, 0.1) is 11.1 Å². The van der Waals surface area contributed by atoms with Crippen LogP contribution < -0.4 is 5.32 Å². The minimum atomic E-state index is -4.41. The maximum absolute atomic E-state index is 13.1. The molecule has 5 rings (SSSR count). The van der Waals surface area contributed by atoms with Crippen molar-refractivity contribution in [3.63, 3.8) is 0 Å². The molecule has 1 N–H and O–H groups in total. The first-order valence-electron chi connectivity index (χ1n) is 11.5. The van der Waals surface area contributed by atoms with E-state index in [4.69, 9.17) is 0 Å². The van der Waals surface area contributed by atoms with Gasteiger partial charge in [0.25, 0.3) is 5.91 Å². The van der Waals surface area contributed by atoms with Crippen LogP contribution in [0.3, 0.4) is 0 Å². The number of alkyl halides is 3. The summed E-state index contributed by atoms with van der Waals surface area (Å²) in [6, 6.07) is 12.3. The molecule has 186 valence electrons. The van der Waals surface area contributed by atoms with Crippen molar-refractivity contribution in [3.05, 3.63) is 77.7 Å². The zero-order chi connectivity index (χ0) is 25.6. The second-order valence-electron chi connectivity index (χ2n) is 9.12. The molecule has 0 spiro atoms. The molecule has 0 aliphatic rings. The molecule has 5 aromatic rings. The Kier molecular flexibility index (Phi) is 5.82. The fourth-order valence-corrected chi connectivity index (χ4v) is 4.41. The molecule has 36 heavy (non-hydrogen) atoms. The van der Waals surface area contributed by atoms with E-state index in [0.717, 1.165) is 34.1 Å². The number of aromatic nitrogens is 5. The summed E-state index contributed by atoms with van der Waals surface area (Å²) < 4.78 is 44.5. The van der Waals surface area contributed by atoms with Gasteiger partial charge in [-0.1, -0.05) is 6.92 Å². The maximum atomic E-state index is 13.1. The molecule has 0 fully saturated rings. The van der Waals surface area contributed by atoms with Crippen LogP contribution >= 0.6 is 0 Å². The van der Waals surface area contributed by atoms with Crippen molar-refractivity contribution in [2.45, 2.75) is 26.6 Å². The van der Waals surface area contributed by atoms with Gasteiger partial charge in [0.2, 0.25) is 0 Å². The Hall–Kier alpha value is -4.08. The van der Waals surface area contributed by atoms with Crippen LogP contribution in [0.15, 0.2) is 60.9 Å². The van der Waals surface area contributed by atoms with Crippen molar-refractivity contribution in [1.29, 1.82) is 0 Å². The second-order valence-corrected chi connectivity index (χ2v) is 9.12. The van der Waals surface area contributed by atoms with Crippen LogP contribution in [-0.2, 0) is 19.8 Å². The fraction of sp³-hybridized carbons (Fsp3) is 0.269. The summed E-state index contributed by atoms with van der Waals surface area (Å²) in [6.07, 6.45) is -0.811. The largest absolute Gasteiger partial charge is 0.416 e. The molecule has 1 unspecified atom stereocenters. The lowest BCUT2D eigenvalue weighted by Crippen LogP contribution is -2.30. The number of fused-ring (bicyclic) bond motifs is 3. The maximum Gasteiger partial charge on any atom is 0.416 e. The number of hydrogen-bond donors (Lipinski definition) is 1. The average molecular weight is 495 g/mol. The summed E-state index contributed by atoms with van der Waals surface area (Å²) >= 11 is 0. The number of rotatable bonds is 6. The highest BCUT2D eigenvalue weighted by molar-refractivity contribution is 6.10. The third-order valence-electron chi connectivity index (χ3n) is 6.29. The van der Waals surface area contributed by atoms with Gasteiger partial charge in [0.1, 0.15) is 0 Å². The van der Waals surface area contributed by atoms with E-state index in [-0.39, 0.29) is 11.8 Å². The smallest absolute Gasteiger partial charge is 0.352 e. The zero-order valence-corrected chi connectivity index (χ0v) is 20.0. The van der Waals surface area contributed by atoms with Crippen molar-refractivity contribution in [2.75, 3.05) is 6.54 Å². The molecule has 0 aliphatic carbocycles. The van der Waals surface area contributed by atoms with Crippen LogP contribution in [-0.4, -0.2) is 36.6 Å². The standard InChI is InChI=1S/C26H25F3N6O/c1-16(14-34-17(2)10-11-31-34)13-30-25(36)18-4-9-23-21(12-18)22-15-33(3)32-24(22)35(23)20-7-5-19(6-8-20)26(27,28)29/h4-12,15-16H,13-14H2,1-3H3,(H,30,36). The van der Waals surface area contributed by atoms with Gasteiger partial charge in [-0.2, -0.15) is 23.4 Å². The van der Waals surface area contributed by atoms with E-state index in [1.165, 1.54) is 12.1 Å². The highest BCUT2D eigenvalue weighted by Crippen LogP contribution is 2.34. The molecule has 3 heterocycles. The van der Waals surface area contributed by atoms with Crippen molar-refractivity contribution in [2.24, 2.45) is 13.0 Å². The molecular weight excluding hydrogens is 469 g/mol. The molecule has 3 aromatic heterocycles. The normalized spacial score (nSPS) is 12.9. The van der Waals surface area contributed by atoms with E-state index >= 15 is 0 Å². The van der Waals surface area contributed by atoms with E-state index in [2.05, 4.69) is 15.5 Å². The van der Waals surface area contributed by atoms with Gasteiger partial charge in [0.15, 0.2) is 5.65 Å². The van der Waals surface area contributed by atoms with Crippen LogP contribution in [0.4, 0.5) is 13.2 Å². The lowest BCUT2D eigenvalue weighted by atomic mass is 10.1. The SMILES string of the molecule is Cc1ccnn1CC(C)CNC(=O)c1ccc2c(c1)c1cn(C)nc1n2-c1ccc(C(F)(F)F)cc1. The highest BCUT2D eigenvalue weighted by atomic mass is 19.4. The molecule has 0 aliphatic heterocycles. The van der Waals surface area contributed by atoms with Crippen molar-refractivity contribution in [3.8, 4) is 5.69 Å². The summed E-state index contributed by atoms with van der Waals surface area (Å²) in [5, 5.41) is 13.4. The summed E-state index contributed by atoms with van der Waals surface area (Å²) in [4.78, 5) is 12.9. The van der Waals surface area contributed by atoms with Gasteiger partial charge in [0, 0.05) is 60.2 Å². The van der Waals surface area contributed by atoms with E-state index in [9.17, 15) is 18.0 Å². The van der Waals surface area contributed by atoms with Crippen molar-refractivity contribution in [1.82, 2.24) is 29.4 Å². The van der Waals surface area contributed by atoms with Crippen LogP contribution in [0.1, 0.15) is 28.5 Å². The van der Waals surface area contributed by atoms with Crippen LogP contribution in [0.5, 0.6) is 0 Å². The molecule has 1 atom stereocenters. The number of carbonyl (C=O) groups is 1. The van der Waals surface area contributed by atoms with E-state index < -0.39 is 11.7 Å². The Balaban J connectivity index is 1.44. The first-order valence-corrected chi connectivity index (χ1v) is 11.5. The topological polar surface area (TPSA) is 69.7 Å². The number of benzene rings is 2. The number of nitrogens with one attached hydrogen (secondary N) is 1. The van der Waals surface area contributed by atoms with Gasteiger partial charge >= 0.3 is 6.18 Å². The lowest BCUT2D eigenvalue weighted by molar-refractivity contribution is -0.137. The molecule has 0 saturated heterocycles.